The molecule has 0 saturated carbocycles. The van der Waals surface area contributed by atoms with E-state index in [2.05, 4.69) is 19.6 Å². The van der Waals surface area contributed by atoms with Crippen LogP contribution in [0.15, 0.2) is 42.7 Å². The monoisotopic (exact) mass is 450 g/mol. The Morgan fingerprint density at radius 1 is 1.00 bits per heavy atom. The van der Waals surface area contributed by atoms with Crippen molar-refractivity contribution in [1.29, 1.82) is 0 Å². The Hall–Kier alpha value is -3.84. The molecule has 14 heteroatoms. The quantitative estimate of drug-likeness (QED) is 0.593. The standard InChI is InChI=1S/C17H9F7N4O3/c18-10-1-8(2-12(4-10)31-17(22,23)24)13-5-14(30-15(25)29)27-28(13)11-3-9(6-26-7-11)16(19,20)21/h1-7H,(H2,25,29). The van der Waals surface area contributed by atoms with Crippen LogP contribution in [0.2, 0.25) is 0 Å². The molecule has 0 fully saturated rings. The van der Waals surface area contributed by atoms with Crippen LogP contribution >= 0.6 is 0 Å². The number of primary amides is 1. The molecule has 7 nitrogen and oxygen atoms in total. The molecule has 3 aromatic rings. The van der Waals surface area contributed by atoms with Crippen LogP contribution in [0.3, 0.4) is 0 Å². The first-order valence-electron chi connectivity index (χ1n) is 7.98. The van der Waals surface area contributed by atoms with E-state index in [9.17, 15) is 35.5 Å². The number of alkyl halides is 6. The van der Waals surface area contributed by atoms with Gasteiger partial charge in [-0.05, 0) is 18.2 Å². The Bertz CT molecular complexity index is 1130. The Kier molecular flexibility index (Phi) is 5.48. The average molecular weight is 450 g/mol. The van der Waals surface area contributed by atoms with Crippen molar-refractivity contribution in [3.8, 4) is 28.6 Å². The van der Waals surface area contributed by atoms with Crippen LogP contribution in [0.1, 0.15) is 5.56 Å². The Labute approximate surface area is 167 Å². The maximum Gasteiger partial charge on any atom is 0.573 e. The lowest BCUT2D eigenvalue weighted by molar-refractivity contribution is -0.274. The van der Waals surface area contributed by atoms with Crippen molar-refractivity contribution in [3.63, 3.8) is 0 Å². The summed E-state index contributed by atoms with van der Waals surface area (Å²) >= 11 is 0. The zero-order chi connectivity index (χ0) is 23.0. The van der Waals surface area contributed by atoms with Crippen molar-refractivity contribution in [1.82, 2.24) is 14.8 Å². The Morgan fingerprint density at radius 3 is 2.32 bits per heavy atom. The number of ether oxygens (including phenoxy) is 2. The number of carbonyl (C=O) groups excluding carboxylic acids is 1. The molecule has 0 radical (unpaired) electrons. The summed E-state index contributed by atoms with van der Waals surface area (Å²) in [5.41, 5.74) is 2.87. The lowest BCUT2D eigenvalue weighted by atomic mass is 10.1. The minimum Gasteiger partial charge on any atom is -0.406 e. The zero-order valence-electron chi connectivity index (χ0n) is 14.8. The van der Waals surface area contributed by atoms with Gasteiger partial charge in [-0.15, -0.1) is 18.3 Å². The van der Waals surface area contributed by atoms with Crippen molar-refractivity contribution < 1.29 is 45.0 Å². The normalized spacial score (nSPS) is 12.0. The van der Waals surface area contributed by atoms with Gasteiger partial charge in [-0.1, -0.05) is 0 Å². The number of carbonyl (C=O) groups is 1. The highest BCUT2D eigenvalue weighted by atomic mass is 19.4. The van der Waals surface area contributed by atoms with Gasteiger partial charge in [0.05, 0.1) is 23.1 Å². The first kappa shape index (κ1) is 21.9. The molecular weight excluding hydrogens is 441 g/mol. The second kappa shape index (κ2) is 7.77. The molecule has 2 aromatic heterocycles. The Morgan fingerprint density at radius 2 is 1.71 bits per heavy atom. The summed E-state index contributed by atoms with van der Waals surface area (Å²) in [4.78, 5) is 14.5. The van der Waals surface area contributed by atoms with Gasteiger partial charge >= 0.3 is 18.6 Å². The summed E-state index contributed by atoms with van der Waals surface area (Å²) in [7, 11) is 0. The van der Waals surface area contributed by atoms with E-state index in [1.807, 2.05) is 0 Å². The van der Waals surface area contributed by atoms with E-state index < -0.39 is 41.6 Å². The van der Waals surface area contributed by atoms with Gasteiger partial charge in [-0.3, -0.25) is 4.98 Å². The van der Waals surface area contributed by atoms with Crippen LogP contribution in [0, 0.1) is 5.82 Å². The van der Waals surface area contributed by atoms with Crippen LogP contribution < -0.4 is 15.2 Å². The van der Waals surface area contributed by atoms with Crippen LogP contribution in [-0.4, -0.2) is 27.2 Å². The SMILES string of the molecule is NC(=O)Oc1cc(-c2cc(F)cc(OC(F)(F)F)c2)n(-c2cncc(C(F)(F)F)c2)n1. The molecular formula is C17H9F7N4O3. The number of nitrogens with two attached hydrogens (primary N) is 1. The minimum absolute atomic E-state index is 0.246. The van der Waals surface area contributed by atoms with Crippen molar-refractivity contribution in [2.24, 2.45) is 5.73 Å². The second-order valence-corrected chi connectivity index (χ2v) is 5.85. The van der Waals surface area contributed by atoms with Crippen molar-refractivity contribution in [2.45, 2.75) is 12.5 Å². The highest BCUT2D eigenvalue weighted by molar-refractivity contribution is 5.70. The summed E-state index contributed by atoms with van der Waals surface area (Å²) in [6.45, 7) is 0. The number of rotatable bonds is 4. The van der Waals surface area contributed by atoms with Crippen molar-refractivity contribution in [2.75, 3.05) is 0 Å². The summed E-state index contributed by atoms with van der Waals surface area (Å²) in [6, 6.07) is 3.57. The molecule has 164 valence electrons. The van der Waals surface area contributed by atoms with Crippen molar-refractivity contribution >= 4 is 6.09 Å². The van der Waals surface area contributed by atoms with Gasteiger partial charge in [0.1, 0.15) is 11.6 Å². The molecule has 1 aromatic carbocycles. The third-order valence-electron chi connectivity index (χ3n) is 3.59. The predicted octanol–water partition coefficient (Wildman–Crippen LogP) is 4.45. The van der Waals surface area contributed by atoms with Crippen LogP contribution in [0.5, 0.6) is 11.6 Å². The molecule has 31 heavy (non-hydrogen) atoms. The largest absolute Gasteiger partial charge is 0.573 e. The van der Waals surface area contributed by atoms with E-state index in [0.717, 1.165) is 29.1 Å². The molecule has 0 saturated heterocycles. The molecule has 0 aliphatic heterocycles. The van der Waals surface area contributed by atoms with Gasteiger partial charge in [-0.25, -0.2) is 13.9 Å². The van der Waals surface area contributed by atoms with Gasteiger partial charge < -0.3 is 15.2 Å². The van der Waals surface area contributed by atoms with E-state index in [0.29, 0.717) is 18.3 Å². The van der Waals surface area contributed by atoms with Crippen LogP contribution in [-0.2, 0) is 6.18 Å². The first-order chi connectivity index (χ1) is 14.3. The number of aromatic nitrogens is 3. The van der Waals surface area contributed by atoms with E-state index in [1.165, 1.54) is 0 Å². The second-order valence-electron chi connectivity index (χ2n) is 5.85. The van der Waals surface area contributed by atoms with Gasteiger partial charge in [0.2, 0.25) is 5.88 Å². The average Bonchev–Trinajstić information content (AvgIpc) is 3.02. The van der Waals surface area contributed by atoms with Crippen LogP contribution in [0.25, 0.3) is 16.9 Å². The molecule has 2 N–H and O–H groups in total. The summed E-state index contributed by atoms with van der Waals surface area (Å²) < 4.78 is 99.5. The number of halogens is 7. The molecule has 0 unspecified atom stereocenters. The number of nitrogens with zero attached hydrogens (tertiary/aromatic N) is 3. The van der Waals surface area contributed by atoms with Gasteiger partial charge in [-0.2, -0.15) is 13.2 Å². The fraction of sp³-hybridized carbons (Fsp3) is 0.118. The number of hydrogen-bond acceptors (Lipinski definition) is 5. The van der Waals surface area contributed by atoms with Gasteiger partial charge in [0, 0.05) is 23.9 Å². The number of amides is 1. The van der Waals surface area contributed by atoms with E-state index in [-0.39, 0.29) is 16.9 Å². The number of pyridine rings is 1. The third-order valence-corrected chi connectivity index (χ3v) is 3.59. The highest BCUT2D eigenvalue weighted by Crippen LogP contribution is 2.34. The van der Waals surface area contributed by atoms with Crippen LogP contribution in [0.4, 0.5) is 35.5 Å². The predicted molar refractivity (Wildman–Crippen MR) is 88.6 cm³/mol. The molecule has 0 bridgehead atoms. The lowest BCUT2D eigenvalue weighted by Crippen LogP contribution is -2.17. The first-order valence-corrected chi connectivity index (χ1v) is 7.98. The number of hydrogen-bond donors (Lipinski definition) is 1. The smallest absolute Gasteiger partial charge is 0.406 e. The van der Waals surface area contributed by atoms with Gasteiger partial charge in [0.15, 0.2) is 0 Å². The molecule has 0 atom stereocenters. The minimum atomic E-state index is -5.13. The molecule has 2 heterocycles. The van der Waals surface area contributed by atoms with E-state index in [4.69, 9.17) is 5.73 Å². The fourth-order valence-corrected chi connectivity index (χ4v) is 2.52. The summed E-state index contributed by atoms with van der Waals surface area (Å²) in [6.07, 6.45) is -9.73. The number of benzene rings is 1. The van der Waals surface area contributed by atoms with E-state index >= 15 is 0 Å². The highest BCUT2D eigenvalue weighted by Gasteiger charge is 2.33. The molecule has 0 aliphatic carbocycles. The van der Waals surface area contributed by atoms with Gasteiger partial charge in [0.25, 0.3) is 0 Å². The molecule has 0 spiro atoms. The molecule has 1 amide bonds. The third kappa shape index (κ3) is 5.40. The summed E-state index contributed by atoms with van der Waals surface area (Å²) in [5.74, 6) is -2.60. The topological polar surface area (TPSA) is 92.3 Å². The maximum absolute atomic E-state index is 13.9. The van der Waals surface area contributed by atoms with Crippen molar-refractivity contribution in [3.05, 3.63) is 54.1 Å². The lowest BCUT2D eigenvalue weighted by Gasteiger charge is -2.12. The maximum atomic E-state index is 13.9. The van der Waals surface area contributed by atoms with E-state index in [1.54, 1.807) is 0 Å². The molecule has 0 aliphatic rings. The Balaban J connectivity index is 2.17. The summed E-state index contributed by atoms with van der Waals surface area (Å²) in [5, 5.41) is 3.75. The zero-order valence-corrected chi connectivity index (χ0v) is 14.8. The fourth-order valence-electron chi connectivity index (χ4n) is 2.52. The molecule has 3 rings (SSSR count).